The van der Waals surface area contributed by atoms with E-state index in [0.29, 0.717) is 0 Å². The van der Waals surface area contributed by atoms with Gasteiger partial charge in [0.15, 0.2) is 0 Å². The first kappa shape index (κ1) is 28.4. The van der Waals surface area contributed by atoms with Crippen LogP contribution in [0.3, 0.4) is 0 Å². The molecule has 0 aliphatic rings. The average Bonchev–Trinajstić information content (AvgIpc) is 2.52. The second-order valence-corrected chi connectivity index (χ2v) is 14.2. The van der Waals surface area contributed by atoms with Gasteiger partial charge in [0.2, 0.25) is 0 Å². The maximum atomic E-state index is 12.0. The number of fused-ring (bicyclic) bond motifs is 1. The first-order valence-electron chi connectivity index (χ1n) is 7.23. The van der Waals surface area contributed by atoms with Crippen molar-refractivity contribution < 1.29 is 77.8 Å². The lowest BCUT2D eigenvalue weighted by molar-refractivity contribution is 0.448. The highest BCUT2D eigenvalue weighted by atomic mass is 32.2. The van der Waals surface area contributed by atoms with Crippen LogP contribution in [0.4, 0.5) is 0 Å². The molecule has 0 saturated carbocycles. The number of hydrogen-bond acceptors (Lipinski definition) is 12. The molecule has 2 aromatic carbocycles. The highest BCUT2D eigenvalue weighted by Gasteiger charge is 2.44. The van der Waals surface area contributed by atoms with Crippen molar-refractivity contribution in [2.75, 3.05) is 0 Å². The highest BCUT2D eigenvalue weighted by molar-refractivity contribution is 7.92. The molecular weight excluding hydrogens is 600 g/mol. The van der Waals surface area contributed by atoms with E-state index in [1.807, 2.05) is 0 Å². The zero-order valence-corrected chi connectivity index (χ0v) is 20.1. The summed E-state index contributed by atoms with van der Waals surface area (Å²) in [5.74, 6) is 0. The fourth-order valence-corrected chi connectivity index (χ4v) is 9.88. The Morgan fingerprint density at radius 1 is 0.382 bits per heavy atom. The summed E-state index contributed by atoms with van der Waals surface area (Å²) in [7, 11) is -37.3. The van der Waals surface area contributed by atoms with Crippen LogP contribution in [-0.2, 0) is 60.7 Å². The Kier molecular flexibility index (Phi) is 6.54. The first-order chi connectivity index (χ1) is 14.7. The van der Waals surface area contributed by atoms with Crippen LogP contribution in [0.2, 0.25) is 0 Å². The fourth-order valence-electron chi connectivity index (χ4n) is 2.85. The molecule has 0 aliphatic heterocycles. The van der Waals surface area contributed by atoms with Crippen molar-refractivity contribution in [2.45, 2.75) is 29.4 Å². The molecule has 0 saturated heterocycles. The largest absolute Gasteiger partial charge is 0.297 e. The van der Waals surface area contributed by atoms with E-state index in [1.54, 1.807) is 0 Å². The quantitative estimate of drug-likeness (QED) is 0.199. The molecule has 0 unspecified atom stereocenters. The number of benzene rings is 2. The summed E-state index contributed by atoms with van der Waals surface area (Å²) in [5.41, 5.74) is 0. The number of hydrogen-bond donors (Lipinski definition) is 6. The Morgan fingerprint density at radius 3 is 1.00 bits per heavy atom. The van der Waals surface area contributed by atoms with Crippen molar-refractivity contribution in [3.8, 4) is 0 Å². The summed E-state index contributed by atoms with van der Waals surface area (Å²) >= 11 is 0. The molecule has 2 aromatic rings. The molecule has 0 fully saturated rings. The lowest BCUT2D eigenvalue weighted by Gasteiger charge is -2.19. The van der Waals surface area contributed by atoms with Crippen LogP contribution in [0, 0.1) is 0 Å². The molecule has 0 aromatic heterocycles. The monoisotopic (exact) mass is 608 g/mol. The van der Waals surface area contributed by atoms with Crippen LogP contribution in [-0.4, -0.2) is 77.8 Å². The van der Waals surface area contributed by atoms with Gasteiger partial charge < -0.3 is 0 Å². The molecule has 192 valence electrons. The first-order valence-corrected chi connectivity index (χ1v) is 15.9. The van der Waals surface area contributed by atoms with Crippen LogP contribution in [0.15, 0.2) is 41.5 Å². The molecular formula is C10H8O18S6. The van der Waals surface area contributed by atoms with Gasteiger partial charge in [-0.3, -0.25) is 27.3 Å². The topological polar surface area (TPSA) is 326 Å². The van der Waals surface area contributed by atoms with Crippen molar-refractivity contribution in [2.24, 2.45) is 0 Å². The molecule has 18 nitrogen and oxygen atoms in total. The second-order valence-electron chi connectivity index (χ2n) is 5.98. The number of rotatable bonds is 6. The summed E-state index contributed by atoms with van der Waals surface area (Å²) in [5, 5.41) is -3.89. The fraction of sp³-hybridized carbons (Fsp3) is 0. The van der Waals surface area contributed by atoms with E-state index < -0.39 is 101 Å². The van der Waals surface area contributed by atoms with Crippen molar-refractivity contribution in [1.29, 1.82) is 0 Å². The lowest BCUT2D eigenvalue weighted by Crippen LogP contribution is -2.21. The third-order valence-corrected chi connectivity index (χ3v) is 9.84. The van der Waals surface area contributed by atoms with Gasteiger partial charge in [-0.25, -0.2) is 0 Å². The van der Waals surface area contributed by atoms with E-state index in [9.17, 15) is 77.8 Å². The minimum absolute atomic E-state index is 0.00659. The maximum Gasteiger partial charge on any atom is 0.297 e. The van der Waals surface area contributed by atoms with Gasteiger partial charge in [-0.15, -0.1) is 0 Å². The average molecular weight is 609 g/mol. The summed E-state index contributed by atoms with van der Waals surface area (Å²) in [4.78, 5) is -14.6. The van der Waals surface area contributed by atoms with E-state index in [-0.39, 0.29) is 12.1 Å². The summed E-state index contributed by atoms with van der Waals surface area (Å²) in [6.07, 6.45) is 0. The Labute approximate surface area is 190 Å². The maximum absolute atomic E-state index is 12.0. The van der Waals surface area contributed by atoms with Crippen LogP contribution in [0.5, 0.6) is 0 Å². The Balaban J connectivity index is 3.93. The third kappa shape index (κ3) is 5.06. The Bertz CT molecular complexity index is 1880. The van der Waals surface area contributed by atoms with Gasteiger partial charge in [0.25, 0.3) is 60.7 Å². The summed E-state index contributed by atoms with van der Waals surface area (Å²) < 4.78 is 199. The Hall–Kier alpha value is -1.84. The molecule has 0 radical (unpaired) electrons. The van der Waals surface area contributed by atoms with Gasteiger partial charge in [0.1, 0.15) is 29.4 Å². The van der Waals surface area contributed by atoms with Gasteiger partial charge in [-0.1, -0.05) is 6.07 Å². The van der Waals surface area contributed by atoms with Crippen molar-refractivity contribution in [3.05, 3.63) is 12.1 Å². The lowest BCUT2D eigenvalue weighted by atomic mass is 10.1. The molecule has 24 heteroatoms. The molecule has 6 N–H and O–H groups in total. The van der Waals surface area contributed by atoms with E-state index in [2.05, 4.69) is 0 Å². The van der Waals surface area contributed by atoms with Crippen molar-refractivity contribution in [3.63, 3.8) is 0 Å². The summed E-state index contributed by atoms with van der Waals surface area (Å²) in [6.45, 7) is 0. The van der Waals surface area contributed by atoms with Crippen LogP contribution in [0.1, 0.15) is 0 Å². The molecule has 34 heavy (non-hydrogen) atoms. The van der Waals surface area contributed by atoms with Gasteiger partial charge in [-0.05, 0) is 6.07 Å². The molecule has 0 heterocycles. The van der Waals surface area contributed by atoms with Gasteiger partial charge in [0, 0.05) is 10.8 Å². The Morgan fingerprint density at radius 2 is 0.706 bits per heavy atom. The standard InChI is InChI=1S/C10H8O18S6/c11-29(12,13)4-2-1-3-5(7(4)31(17,18)19)8(32(20,21)22)10(34(26,27)28)9(33(23,24)25)6(3)30(14,15)16/h1-2H,(H,11,12,13)(H,14,15,16)(H,17,18,19)(H,20,21,22)(H,23,24,25)(H,26,27,28). The molecule has 0 amide bonds. The third-order valence-electron chi connectivity index (χ3n) is 3.78. The van der Waals surface area contributed by atoms with Gasteiger partial charge in [-0.2, -0.15) is 50.5 Å². The van der Waals surface area contributed by atoms with E-state index >= 15 is 0 Å². The molecule has 2 rings (SSSR count). The predicted octanol–water partition coefficient (Wildman–Crippen LogP) is -1.68. The minimum atomic E-state index is -6.46. The SMILES string of the molecule is O=S(=O)(O)c1ccc2c(S(=O)(=O)O)c(S(=O)(=O)O)c(S(=O)(=O)O)c(S(=O)(=O)O)c2c1S(=O)(=O)O. The van der Waals surface area contributed by atoms with Gasteiger partial charge in [0.05, 0.1) is 0 Å². The minimum Gasteiger partial charge on any atom is -0.282 e. The molecule has 0 aliphatic carbocycles. The summed E-state index contributed by atoms with van der Waals surface area (Å²) in [6, 6.07) is -0.0720. The normalized spacial score (nSPS) is 14.4. The predicted molar refractivity (Wildman–Crippen MR) is 103 cm³/mol. The van der Waals surface area contributed by atoms with Gasteiger partial charge >= 0.3 is 0 Å². The smallest absolute Gasteiger partial charge is 0.282 e. The molecule has 0 bridgehead atoms. The zero-order chi connectivity index (χ0) is 27.0. The van der Waals surface area contributed by atoms with Crippen molar-refractivity contribution in [1.82, 2.24) is 0 Å². The van der Waals surface area contributed by atoms with Crippen LogP contribution in [0.25, 0.3) is 10.8 Å². The van der Waals surface area contributed by atoms with E-state index in [1.165, 1.54) is 0 Å². The van der Waals surface area contributed by atoms with E-state index in [0.717, 1.165) is 0 Å². The van der Waals surface area contributed by atoms with Crippen molar-refractivity contribution >= 4 is 71.5 Å². The second kappa shape index (κ2) is 7.83. The van der Waals surface area contributed by atoms with E-state index in [4.69, 9.17) is 0 Å². The van der Waals surface area contributed by atoms with Crippen LogP contribution < -0.4 is 0 Å². The van der Waals surface area contributed by atoms with Crippen LogP contribution >= 0.6 is 0 Å². The highest BCUT2D eigenvalue weighted by Crippen LogP contribution is 2.44. The zero-order valence-electron chi connectivity index (χ0n) is 15.2. The molecule has 0 atom stereocenters. The molecule has 0 spiro atoms.